The zero-order valence-electron chi connectivity index (χ0n) is 10.9. The van der Waals surface area contributed by atoms with Crippen molar-refractivity contribution in [2.24, 2.45) is 0 Å². The molecule has 106 valence electrons. The monoisotopic (exact) mass is 286 g/mol. The van der Waals surface area contributed by atoms with Gasteiger partial charge < -0.3 is 9.72 Å². The van der Waals surface area contributed by atoms with E-state index >= 15 is 0 Å². The molecule has 0 spiro atoms. The summed E-state index contributed by atoms with van der Waals surface area (Å²) >= 11 is 0. The molecule has 0 radical (unpaired) electrons. The van der Waals surface area contributed by atoms with Crippen molar-refractivity contribution >= 4 is 11.2 Å². The molecular formula is C14H11FN4O2. The third kappa shape index (κ3) is 1.74. The fraction of sp³-hybridized carbons (Fsp3) is 0.214. The summed E-state index contributed by atoms with van der Waals surface area (Å²) < 4.78 is 20.8. The van der Waals surface area contributed by atoms with Crippen LogP contribution < -0.4 is 10.4 Å². The third-order valence-corrected chi connectivity index (χ3v) is 3.69. The molecule has 1 atom stereocenters. The average Bonchev–Trinajstić information content (AvgIpc) is 2.83. The van der Waals surface area contributed by atoms with E-state index in [2.05, 4.69) is 15.0 Å². The highest BCUT2D eigenvalue weighted by Gasteiger charge is 2.28. The van der Waals surface area contributed by atoms with Crippen LogP contribution in [-0.4, -0.2) is 26.1 Å². The number of benzene rings is 1. The molecule has 0 bridgehead atoms. The smallest absolute Gasteiger partial charge is 0.328 e. The highest BCUT2D eigenvalue weighted by atomic mass is 19.1. The van der Waals surface area contributed by atoms with E-state index in [1.807, 2.05) is 0 Å². The van der Waals surface area contributed by atoms with Crippen LogP contribution in [0.3, 0.4) is 0 Å². The largest absolute Gasteiger partial charge is 0.490 e. The molecule has 1 aliphatic heterocycles. The van der Waals surface area contributed by atoms with Crippen molar-refractivity contribution in [1.82, 2.24) is 19.5 Å². The first-order valence-electron chi connectivity index (χ1n) is 6.57. The number of fused-ring (bicyclic) bond motifs is 2. The molecule has 21 heavy (non-hydrogen) atoms. The molecule has 1 N–H and O–H groups in total. The number of hydrogen-bond donors (Lipinski definition) is 1. The number of ether oxygens (including phenoxy) is 1. The second kappa shape index (κ2) is 4.41. The van der Waals surface area contributed by atoms with Crippen LogP contribution in [-0.2, 0) is 0 Å². The molecule has 7 heteroatoms. The lowest BCUT2D eigenvalue weighted by atomic mass is 10.00. The van der Waals surface area contributed by atoms with Crippen molar-refractivity contribution in [3.05, 3.63) is 52.6 Å². The second-order valence-corrected chi connectivity index (χ2v) is 4.87. The Hall–Kier alpha value is -2.70. The number of aromatic nitrogens is 4. The van der Waals surface area contributed by atoms with E-state index in [1.54, 1.807) is 18.3 Å². The van der Waals surface area contributed by atoms with Crippen LogP contribution in [0, 0.1) is 5.82 Å². The van der Waals surface area contributed by atoms with Crippen molar-refractivity contribution in [3.8, 4) is 5.75 Å². The summed E-state index contributed by atoms with van der Waals surface area (Å²) in [6, 6.07) is 4.43. The molecule has 6 nitrogen and oxygen atoms in total. The normalized spacial score (nSPS) is 17.5. The van der Waals surface area contributed by atoms with E-state index in [-0.39, 0.29) is 17.5 Å². The molecule has 0 fully saturated rings. The molecule has 3 aromatic rings. The Kier molecular flexibility index (Phi) is 2.53. The van der Waals surface area contributed by atoms with E-state index < -0.39 is 5.82 Å². The summed E-state index contributed by atoms with van der Waals surface area (Å²) in [4.78, 5) is 23.0. The minimum absolute atomic E-state index is 0.212. The van der Waals surface area contributed by atoms with Gasteiger partial charge in [0.05, 0.1) is 18.8 Å². The van der Waals surface area contributed by atoms with Gasteiger partial charge in [-0.25, -0.2) is 19.2 Å². The van der Waals surface area contributed by atoms with E-state index in [0.29, 0.717) is 29.8 Å². The van der Waals surface area contributed by atoms with Crippen LogP contribution in [0.1, 0.15) is 18.0 Å². The van der Waals surface area contributed by atoms with E-state index in [0.717, 1.165) is 0 Å². The fourth-order valence-corrected chi connectivity index (χ4v) is 2.80. The first-order chi connectivity index (χ1) is 10.3. The predicted octanol–water partition coefficient (Wildman–Crippen LogP) is 1.63. The standard InChI is InChI=1S/C14H11FN4O2/c15-9-3-1-2-8-11(4-5-21-12(8)9)19-13-10(18-14(19)20)6-16-7-17-13/h1-3,6-7,11H,4-5H2,(H,18,20). The number of nitrogens with zero attached hydrogens (tertiary/aromatic N) is 3. The average molecular weight is 286 g/mol. The molecule has 2 aromatic heterocycles. The molecule has 0 amide bonds. The van der Waals surface area contributed by atoms with Gasteiger partial charge in [-0.05, 0) is 6.07 Å². The van der Waals surface area contributed by atoms with Crippen molar-refractivity contribution in [2.75, 3.05) is 6.61 Å². The summed E-state index contributed by atoms with van der Waals surface area (Å²) in [5, 5.41) is 0. The number of hydrogen-bond acceptors (Lipinski definition) is 4. The quantitative estimate of drug-likeness (QED) is 0.738. The number of halogens is 1. The number of rotatable bonds is 1. The molecular weight excluding hydrogens is 275 g/mol. The minimum atomic E-state index is -0.417. The van der Waals surface area contributed by atoms with Gasteiger partial charge in [0.25, 0.3) is 0 Å². The Bertz CT molecular complexity index is 886. The molecule has 1 unspecified atom stereocenters. The molecule has 4 rings (SSSR count). The number of para-hydroxylation sites is 1. The maximum atomic E-state index is 13.9. The topological polar surface area (TPSA) is 72.8 Å². The van der Waals surface area contributed by atoms with Crippen LogP contribution in [0.4, 0.5) is 4.39 Å². The Morgan fingerprint density at radius 2 is 2.33 bits per heavy atom. The molecule has 0 saturated heterocycles. The van der Waals surface area contributed by atoms with Gasteiger partial charge >= 0.3 is 5.69 Å². The lowest BCUT2D eigenvalue weighted by molar-refractivity contribution is 0.244. The van der Waals surface area contributed by atoms with Crippen molar-refractivity contribution < 1.29 is 9.13 Å². The molecule has 0 saturated carbocycles. The Morgan fingerprint density at radius 1 is 1.43 bits per heavy atom. The van der Waals surface area contributed by atoms with E-state index in [1.165, 1.54) is 17.0 Å². The Labute approximate surface area is 118 Å². The van der Waals surface area contributed by atoms with Gasteiger partial charge in [-0.2, -0.15) is 0 Å². The first-order valence-corrected chi connectivity index (χ1v) is 6.57. The van der Waals surface area contributed by atoms with Gasteiger partial charge in [-0.3, -0.25) is 4.57 Å². The van der Waals surface area contributed by atoms with E-state index in [4.69, 9.17) is 4.74 Å². The van der Waals surface area contributed by atoms with Gasteiger partial charge in [-0.1, -0.05) is 12.1 Å². The molecule has 3 heterocycles. The summed E-state index contributed by atoms with van der Waals surface area (Å²) in [5.41, 5.74) is 1.44. The Balaban J connectivity index is 1.98. The fourth-order valence-electron chi connectivity index (χ4n) is 2.80. The minimum Gasteiger partial charge on any atom is -0.490 e. The number of H-pyrrole nitrogens is 1. The van der Waals surface area contributed by atoms with Crippen molar-refractivity contribution in [2.45, 2.75) is 12.5 Å². The maximum absolute atomic E-state index is 13.9. The lowest BCUT2D eigenvalue weighted by Crippen LogP contribution is -2.28. The Morgan fingerprint density at radius 3 is 3.24 bits per heavy atom. The van der Waals surface area contributed by atoms with Gasteiger partial charge in [0, 0.05) is 12.0 Å². The van der Waals surface area contributed by atoms with Crippen molar-refractivity contribution in [1.29, 1.82) is 0 Å². The second-order valence-electron chi connectivity index (χ2n) is 4.87. The number of nitrogens with one attached hydrogen (secondary N) is 1. The van der Waals surface area contributed by atoms with Crippen LogP contribution in [0.15, 0.2) is 35.5 Å². The summed E-state index contributed by atoms with van der Waals surface area (Å²) in [7, 11) is 0. The molecule has 1 aliphatic rings. The molecule has 0 aliphatic carbocycles. The number of aromatic amines is 1. The highest BCUT2D eigenvalue weighted by molar-refractivity contribution is 5.69. The third-order valence-electron chi connectivity index (χ3n) is 3.69. The van der Waals surface area contributed by atoms with Gasteiger partial charge in [-0.15, -0.1) is 0 Å². The number of imidazole rings is 1. The zero-order chi connectivity index (χ0) is 14.4. The maximum Gasteiger partial charge on any atom is 0.328 e. The molecule has 1 aromatic carbocycles. The van der Waals surface area contributed by atoms with Gasteiger partial charge in [0.15, 0.2) is 17.2 Å². The SMILES string of the molecule is O=c1[nH]c2cncnc2n1C1CCOc2c(F)cccc21. The predicted molar refractivity (Wildman–Crippen MR) is 72.8 cm³/mol. The van der Waals surface area contributed by atoms with Gasteiger partial charge in [0.1, 0.15) is 11.8 Å². The van der Waals surface area contributed by atoms with E-state index in [9.17, 15) is 9.18 Å². The van der Waals surface area contributed by atoms with Gasteiger partial charge in [0.2, 0.25) is 0 Å². The zero-order valence-corrected chi connectivity index (χ0v) is 10.9. The highest BCUT2D eigenvalue weighted by Crippen LogP contribution is 2.36. The van der Waals surface area contributed by atoms with Crippen LogP contribution >= 0.6 is 0 Å². The lowest BCUT2D eigenvalue weighted by Gasteiger charge is -2.26. The van der Waals surface area contributed by atoms with Crippen LogP contribution in [0.2, 0.25) is 0 Å². The summed E-state index contributed by atoms with van der Waals surface area (Å²) in [6.45, 7) is 0.350. The first kappa shape index (κ1) is 12.1. The van der Waals surface area contributed by atoms with Crippen molar-refractivity contribution in [3.63, 3.8) is 0 Å². The summed E-state index contributed by atoms with van der Waals surface area (Å²) in [5.74, 6) is -0.205. The van der Waals surface area contributed by atoms with Crippen LogP contribution in [0.5, 0.6) is 5.75 Å². The summed E-state index contributed by atoms with van der Waals surface area (Å²) in [6.07, 6.45) is 3.51. The van der Waals surface area contributed by atoms with Crippen LogP contribution in [0.25, 0.3) is 11.2 Å².